The number of para-hydroxylation sites is 1. The van der Waals surface area contributed by atoms with Gasteiger partial charge in [0.1, 0.15) is 5.75 Å². The minimum absolute atomic E-state index is 0.0203. The Morgan fingerprint density at radius 2 is 1.82 bits per heavy atom. The van der Waals surface area contributed by atoms with Crippen LogP contribution in [0.4, 0.5) is 5.69 Å². The number of anilines is 1. The van der Waals surface area contributed by atoms with Gasteiger partial charge in [0.25, 0.3) is 5.91 Å². The van der Waals surface area contributed by atoms with Crippen molar-refractivity contribution in [2.24, 2.45) is 0 Å². The van der Waals surface area contributed by atoms with Crippen LogP contribution in [0.25, 0.3) is 11.1 Å². The summed E-state index contributed by atoms with van der Waals surface area (Å²) in [4.78, 5) is 11.8. The summed E-state index contributed by atoms with van der Waals surface area (Å²) in [5.74, 6) is 0.480. The van der Waals surface area contributed by atoms with Crippen molar-refractivity contribution in [3.05, 3.63) is 67.0 Å². The zero-order valence-corrected chi connectivity index (χ0v) is 11.8. The summed E-state index contributed by atoms with van der Waals surface area (Å²) < 4.78 is 5.40. The number of hydrogen-bond donors (Lipinski definition) is 2. The number of hydrogen-bond acceptors (Lipinski definition) is 3. The van der Waals surface area contributed by atoms with Crippen molar-refractivity contribution in [3.63, 3.8) is 0 Å². The van der Waals surface area contributed by atoms with Gasteiger partial charge in [0.05, 0.1) is 6.20 Å². The molecule has 0 radical (unpaired) electrons. The number of rotatable bonds is 5. The molecule has 2 N–H and O–H groups in total. The zero-order chi connectivity index (χ0) is 15.2. The van der Waals surface area contributed by atoms with E-state index in [0.29, 0.717) is 5.75 Å². The number of aromatic nitrogens is 2. The first-order valence-electron chi connectivity index (χ1n) is 6.88. The highest BCUT2D eigenvalue weighted by Gasteiger charge is 2.04. The Labute approximate surface area is 127 Å². The molecule has 3 rings (SSSR count). The topological polar surface area (TPSA) is 67.0 Å². The Morgan fingerprint density at radius 3 is 2.50 bits per heavy atom. The molecule has 0 unspecified atom stereocenters. The van der Waals surface area contributed by atoms with E-state index in [2.05, 4.69) is 15.5 Å². The largest absolute Gasteiger partial charge is 0.484 e. The fraction of sp³-hybridized carbons (Fsp3) is 0.0588. The maximum atomic E-state index is 11.8. The average Bonchev–Trinajstić information content (AvgIpc) is 3.09. The molecule has 3 aromatic rings. The quantitative estimate of drug-likeness (QED) is 0.759. The highest BCUT2D eigenvalue weighted by atomic mass is 16.5. The number of nitrogens with zero attached hydrogens (tertiary/aromatic N) is 1. The summed E-state index contributed by atoms with van der Waals surface area (Å²) in [7, 11) is 0. The monoisotopic (exact) mass is 293 g/mol. The van der Waals surface area contributed by atoms with E-state index < -0.39 is 0 Å². The minimum Gasteiger partial charge on any atom is -0.484 e. The lowest BCUT2D eigenvalue weighted by molar-refractivity contribution is -0.118. The van der Waals surface area contributed by atoms with Gasteiger partial charge in [-0.3, -0.25) is 9.89 Å². The molecule has 5 heteroatoms. The van der Waals surface area contributed by atoms with Crippen molar-refractivity contribution < 1.29 is 9.53 Å². The number of benzene rings is 2. The van der Waals surface area contributed by atoms with Crippen LogP contribution in [0.3, 0.4) is 0 Å². The third kappa shape index (κ3) is 3.52. The van der Waals surface area contributed by atoms with Gasteiger partial charge in [0.2, 0.25) is 0 Å². The first-order chi connectivity index (χ1) is 10.8. The lowest BCUT2D eigenvalue weighted by Crippen LogP contribution is -2.20. The van der Waals surface area contributed by atoms with Gasteiger partial charge < -0.3 is 10.1 Å². The summed E-state index contributed by atoms with van der Waals surface area (Å²) in [6, 6.07) is 16.8. The van der Waals surface area contributed by atoms with Crippen molar-refractivity contribution >= 4 is 11.6 Å². The molecule has 0 aliphatic heterocycles. The Balaban J connectivity index is 1.55. The minimum atomic E-state index is -0.195. The van der Waals surface area contributed by atoms with Crippen LogP contribution >= 0.6 is 0 Å². The fourth-order valence-electron chi connectivity index (χ4n) is 2.02. The molecule has 1 heterocycles. The number of carbonyl (C=O) groups is 1. The van der Waals surface area contributed by atoms with Crippen LogP contribution in [0.1, 0.15) is 0 Å². The van der Waals surface area contributed by atoms with Crippen molar-refractivity contribution in [2.75, 3.05) is 11.9 Å². The van der Waals surface area contributed by atoms with E-state index in [4.69, 9.17) is 4.74 Å². The molecule has 0 atom stereocenters. The maximum Gasteiger partial charge on any atom is 0.262 e. The number of ether oxygens (including phenoxy) is 1. The molecule has 1 amide bonds. The highest BCUT2D eigenvalue weighted by molar-refractivity contribution is 5.92. The van der Waals surface area contributed by atoms with E-state index in [1.807, 2.05) is 60.8 Å². The third-order valence-corrected chi connectivity index (χ3v) is 3.11. The fourth-order valence-corrected chi connectivity index (χ4v) is 2.02. The van der Waals surface area contributed by atoms with Crippen LogP contribution in [-0.2, 0) is 4.79 Å². The molecule has 0 aliphatic rings. The Kier molecular flexibility index (Phi) is 4.15. The number of amides is 1. The van der Waals surface area contributed by atoms with E-state index in [0.717, 1.165) is 16.8 Å². The molecule has 1 aromatic heterocycles. The van der Waals surface area contributed by atoms with Crippen LogP contribution < -0.4 is 10.1 Å². The van der Waals surface area contributed by atoms with Gasteiger partial charge in [-0.2, -0.15) is 5.10 Å². The summed E-state index contributed by atoms with van der Waals surface area (Å²) in [5.41, 5.74) is 2.77. The molecular weight excluding hydrogens is 278 g/mol. The molecule has 0 aliphatic carbocycles. The first kappa shape index (κ1) is 13.9. The van der Waals surface area contributed by atoms with Crippen LogP contribution in [0.5, 0.6) is 5.75 Å². The van der Waals surface area contributed by atoms with Gasteiger partial charge in [0.15, 0.2) is 6.61 Å². The highest BCUT2D eigenvalue weighted by Crippen LogP contribution is 2.20. The maximum absolute atomic E-state index is 11.8. The second-order valence-electron chi connectivity index (χ2n) is 4.71. The van der Waals surface area contributed by atoms with E-state index >= 15 is 0 Å². The second kappa shape index (κ2) is 6.58. The third-order valence-electron chi connectivity index (χ3n) is 3.11. The summed E-state index contributed by atoms with van der Waals surface area (Å²) in [6.45, 7) is -0.0203. The smallest absolute Gasteiger partial charge is 0.262 e. The van der Waals surface area contributed by atoms with Gasteiger partial charge >= 0.3 is 0 Å². The molecule has 0 fully saturated rings. The Bertz CT molecular complexity index is 722. The van der Waals surface area contributed by atoms with Crippen molar-refractivity contribution in [2.45, 2.75) is 0 Å². The van der Waals surface area contributed by atoms with Gasteiger partial charge in [-0.15, -0.1) is 0 Å². The van der Waals surface area contributed by atoms with Gasteiger partial charge in [-0.1, -0.05) is 30.3 Å². The predicted octanol–water partition coefficient (Wildman–Crippen LogP) is 3.09. The van der Waals surface area contributed by atoms with E-state index in [9.17, 15) is 4.79 Å². The standard InChI is InChI=1S/C17H15N3O2/c21-17(12-22-16-4-2-1-3-5-16)20-15-8-6-13(7-9-15)14-10-18-19-11-14/h1-11H,12H2,(H,18,19)(H,20,21). The summed E-state index contributed by atoms with van der Waals surface area (Å²) >= 11 is 0. The number of aromatic amines is 1. The van der Waals surface area contributed by atoms with Crippen LogP contribution in [0, 0.1) is 0 Å². The summed E-state index contributed by atoms with van der Waals surface area (Å²) in [6.07, 6.45) is 3.57. The van der Waals surface area contributed by atoms with Crippen LogP contribution in [0.2, 0.25) is 0 Å². The van der Waals surface area contributed by atoms with E-state index in [1.165, 1.54) is 0 Å². The Morgan fingerprint density at radius 1 is 1.05 bits per heavy atom. The van der Waals surface area contributed by atoms with E-state index in [-0.39, 0.29) is 12.5 Å². The van der Waals surface area contributed by atoms with Crippen molar-refractivity contribution in [1.82, 2.24) is 10.2 Å². The number of carbonyl (C=O) groups excluding carboxylic acids is 1. The molecule has 5 nitrogen and oxygen atoms in total. The zero-order valence-electron chi connectivity index (χ0n) is 11.8. The Hall–Kier alpha value is -3.08. The molecule has 0 saturated carbocycles. The molecule has 0 spiro atoms. The number of H-pyrrole nitrogens is 1. The van der Waals surface area contributed by atoms with Gasteiger partial charge in [0, 0.05) is 17.4 Å². The lowest BCUT2D eigenvalue weighted by Gasteiger charge is -2.08. The van der Waals surface area contributed by atoms with Gasteiger partial charge in [-0.05, 0) is 29.8 Å². The van der Waals surface area contributed by atoms with Crippen LogP contribution in [-0.4, -0.2) is 22.7 Å². The summed E-state index contributed by atoms with van der Waals surface area (Å²) in [5, 5.41) is 9.48. The molecule has 110 valence electrons. The predicted molar refractivity (Wildman–Crippen MR) is 84.6 cm³/mol. The second-order valence-corrected chi connectivity index (χ2v) is 4.71. The van der Waals surface area contributed by atoms with Gasteiger partial charge in [-0.25, -0.2) is 0 Å². The first-order valence-corrected chi connectivity index (χ1v) is 6.88. The van der Waals surface area contributed by atoms with Crippen molar-refractivity contribution in [1.29, 1.82) is 0 Å². The molecule has 0 saturated heterocycles. The van der Waals surface area contributed by atoms with Crippen molar-refractivity contribution in [3.8, 4) is 16.9 Å². The molecule has 2 aromatic carbocycles. The average molecular weight is 293 g/mol. The molecule has 22 heavy (non-hydrogen) atoms. The molecule has 0 bridgehead atoms. The lowest BCUT2D eigenvalue weighted by atomic mass is 10.1. The SMILES string of the molecule is O=C(COc1ccccc1)Nc1ccc(-c2cn[nH]c2)cc1. The normalized spacial score (nSPS) is 10.2. The number of nitrogens with one attached hydrogen (secondary N) is 2. The van der Waals surface area contributed by atoms with E-state index in [1.54, 1.807) is 6.20 Å². The molecular formula is C17H15N3O2. The van der Waals surface area contributed by atoms with Crippen LogP contribution in [0.15, 0.2) is 67.0 Å².